The Morgan fingerprint density at radius 1 is 1.09 bits per heavy atom. The van der Waals surface area contributed by atoms with E-state index in [4.69, 9.17) is 11.6 Å². The van der Waals surface area contributed by atoms with Gasteiger partial charge in [0.1, 0.15) is 17.5 Å². The van der Waals surface area contributed by atoms with Crippen LogP contribution in [0.15, 0.2) is 67.3 Å². The van der Waals surface area contributed by atoms with E-state index in [-0.39, 0.29) is 5.91 Å². The van der Waals surface area contributed by atoms with Crippen molar-refractivity contribution in [1.29, 1.82) is 0 Å². The number of nitrogens with zero attached hydrogens (tertiary/aromatic N) is 5. The van der Waals surface area contributed by atoms with E-state index >= 15 is 0 Å². The van der Waals surface area contributed by atoms with Gasteiger partial charge >= 0.3 is 0 Å². The second-order valence-corrected chi connectivity index (χ2v) is 9.20. The highest BCUT2D eigenvalue weighted by atomic mass is 35.5. The number of carbonyl (C=O) groups excluding carboxylic acids is 1. The van der Waals surface area contributed by atoms with Crippen LogP contribution in [0.25, 0.3) is 10.2 Å². The van der Waals surface area contributed by atoms with Crippen LogP contribution in [0.1, 0.15) is 32.1 Å². The van der Waals surface area contributed by atoms with Gasteiger partial charge in [-0.1, -0.05) is 54.1 Å². The Bertz CT molecular complexity index is 1420. The smallest absolute Gasteiger partial charge is 0.261 e. The number of fused-ring (bicyclic) bond motifs is 1. The number of nitrogens with one attached hydrogen (secondary N) is 1. The molecule has 0 unspecified atom stereocenters. The van der Waals surface area contributed by atoms with Crippen LogP contribution in [0.2, 0.25) is 5.02 Å². The van der Waals surface area contributed by atoms with Gasteiger partial charge in [0.05, 0.1) is 23.7 Å². The van der Waals surface area contributed by atoms with Crippen molar-refractivity contribution in [3.05, 3.63) is 99.5 Å². The van der Waals surface area contributed by atoms with Gasteiger partial charge in [-0.05, 0) is 35.7 Å². The number of aryl methyl sites for hydroxylation is 1. The topological polar surface area (TPSA) is 77.6 Å². The molecular formula is C24H21ClN6OS. The summed E-state index contributed by atoms with van der Waals surface area (Å²) in [5.74, 6) is -0.0958. The molecule has 166 valence electrons. The van der Waals surface area contributed by atoms with Crippen molar-refractivity contribution in [3.8, 4) is 0 Å². The van der Waals surface area contributed by atoms with Crippen molar-refractivity contribution < 1.29 is 4.79 Å². The Hall–Kier alpha value is -3.49. The molecule has 1 amide bonds. The van der Waals surface area contributed by atoms with Gasteiger partial charge in [-0.25, -0.2) is 9.67 Å². The summed E-state index contributed by atoms with van der Waals surface area (Å²) in [5, 5.41) is 13.5. The highest BCUT2D eigenvalue weighted by Crippen LogP contribution is 2.29. The van der Waals surface area contributed by atoms with Crippen LogP contribution in [0.5, 0.6) is 0 Å². The molecule has 0 aliphatic carbocycles. The highest BCUT2D eigenvalue weighted by molar-refractivity contribution is 7.20. The van der Waals surface area contributed by atoms with Gasteiger partial charge in [0.25, 0.3) is 5.91 Å². The van der Waals surface area contributed by atoms with Gasteiger partial charge < -0.3 is 5.32 Å². The molecule has 0 spiro atoms. The van der Waals surface area contributed by atoms with Gasteiger partial charge in [0.2, 0.25) is 0 Å². The number of carbonyl (C=O) groups is 1. The molecule has 33 heavy (non-hydrogen) atoms. The van der Waals surface area contributed by atoms with Gasteiger partial charge in [0.15, 0.2) is 0 Å². The monoisotopic (exact) mass is 476 g/mol. The average molecular weight is 477 g/mol. The number of benzene rings is 2. The van der Waals surface area contributed by atoms with Crippen LogP contribution in [-0.4, -0.2) is 30.5 Å². The Labute approximate surface area is 199 Å². The lowest BCUT2D eigenvalue weighted by atomic mass is 10.1. The van der Waals surface area contributed by atoms with Crippen LogP contribution in [0, 0.1) is 6.92 Å². The minimum atomic E-state index is -0.0958. The van der Waals surface area contributed by atoms with Crippen LogP contribution < -0.4 is 5.32 Å². The van der Waals surface area contributed by atoms with E-state index in [9.17, 15) is 4.79 Å². The van der Waals surface area contributed by atoms with E-state index < -0.39 is 0 Å². The number of hydrogen-bond donors (Lipinski definition) is 1. The number of hydrogen-bond acceptors (Lipinski definition) is 5. The quantitative estimate of drug-likeness (QED) is 0.370. The Balaban J connectivity index is 1.30. The first-order valence-electron chi connectivity index (χ1n) is 10.5. The number of halogens is 1. The predicted octanol–water partition coefficient (Wildman–Crippen LogP) is 4.68. The largest absolute Gasteiger partial charge is 0.347 e. The fraction of sp³-hybridized carbons (Fsp3) is 0.167. The van der Waals surface area contributed by atoms with E-state index in [0.717, 1.165) is 32.6 Å². The molecule has 2 aromatic carbocycles. The summed E-state index contributed by atoms with van der Waals surface area (Å²) in [5.41, 5.74) is 4.02. The molecule has 5 rings (SSSR count). The molecule has 9 heteroatoms. The first-order valence-corrected chi connectivity index (χ1v) is 11.6. The van der Waals surface area contributed by atoms with Crippen molar-refractivity contribution >= 4 is 39.1 Å². The van der Waals surface area contributed by atoms with Crippen LogP contribution in [0.4, 0.5) is 0 Å². The molecule has 0 bridgehead atoms. The van der Waals surface area contributed by atoms with E-state index in [1.54, 1.807) is 11.0 Å². The first kappa shape index (κ1) is 21.4. The third-order valence-electron chi connectivity index (χ3n) is 5.36. The SMILES string of the molecule is Cc1nn(Cc2ccccc2Cl)c2sc(C(=O)NCc3cccc(Cn4cncn4)c3)cc12. The zero-order valence-corrected chi connectivity index (χ0v) is 19.5. The minimum absolute atomic E-state index is 0.0958. The van der Waals surface area contributed by atoms with Crippen LogP contribution >= 0.6 is 22.9 Å². The zero-order chi connectivity index (χ0) is 22.8. The summed E-state index contributed by atoms with van der Waals surface area (Å²) in [4.78, 5) is 18.5. The molecule has 0 fully saturated rings. The number of rotatable bonds is 7. The molecule has 5 aromatic rings. The highest BCUT2D eigenvalue weighted by Gasteiger charge is 2.17. The fourth-order valence-corrected chi connectivity index (χ4v) is 5.00. The molecule has 1 N–H and O–H groups in total. The second-order valence-electron chi connectivity index (χ2n) is 7.76. The lowest BCUT2D eigenvalue weighted by molar-refractivity contribution is 0.0955. The van der Waals surface area contributed by atoms with E-state index in [0.29, 0.717) is 29.5 Å². The Morgan fingerprint density at radius 2 is 1.94 bits per heavy atom. The standard InChI is InChI=1S/C24H21ClN6OS/c1-16-20-10-22(33-24(20)31(29-16)13-19-7-2-3-8-21(19)25)23(32)27-11-17-5-4-6-18(9-17)12-30-15-26-14-28-30/h2-10,14-15H,11-13H2,1H3,(H,27,32). The first-order chi connectivity index (χ1) is 16.1. The fourth-order valence-electron chi connectivity index (χ4n) is 3.73. The second kappa shape index (κ2) is 9.17. The zero-order valence-electron chi connectivity index (χ0n) is 17.9. The molecule has 0 saturated heterocycles. The third-order valence-corrected chi connectivity index (χ3v) is 6.88. The lowest BCUT2D eigenvalue weighted by Crippen LogP contribution is -2.21. The molecule has 0 radical (unpaired) electrons. The maximum Gasteiger partial charge on any atom is 0.261 e. The van der Waals surface area contributed by atoms with Crippen LogP contribution in [-0.2, 0) is 19.6 Å². The van der Waals surface area contributed by atoms with Gasteiger partial charge in [-0.15, -0.1) is 11.3 Å². The number of aromatic nitrogens is 5. The van der Waals surface area contributed by atoms with Crippen LogP contribution in [0.3, 0.4) is 0 Å². The Kier molecular flexibility index (Phi) is 5.93. The molecule has 3 aromatic heterocycles. The van der Waals surface area contributed by atoms with Crippen molar-refractivity contribution in [2.45, 2.75) is 26.6 Å². The van der Waals surface area contributed by atoms with Crippen molar-refractivity contribution in [2.75, 3.05) is 0 Å². The molecular weight excluding hydrogens is 456 g/mol. The number of amides is 1. The third kappa shape index (κ3) is 4.67. The molecule has 0 aliphatic heterocycles. The lowest BCUT2D eigenvalue weighted by Gasteiger charge is -2.07. The molecule has 7 nitrogen and oxygen atoms in total. The molecule has 3 heterocycles. The molecule has 0 saturated carbocycles. The van der Waals surface area contributed by atoms with Crippen molar-refractivity contribution in [1.82, 2.24) is 29.9 Å². The van der Waals surface area contributed by atoms with E-state index in [1.165, 1.54) is 17.7 Å². The van der Waals surface area contributed by atoms with Gasteiger partial charge in [-0.3, -0.25) is 9.48 Å². The Morgan fingerprint density at radius 3 is 2.76 bits per heavy atom. The summed E-state index contributed by atoms with van der Waals surface area (Å²) in [6, 6.07) is 17.7. The number of thiophene rings is 1. The minimum Gasteiger partial charge on any atom is -0.347 e. The van der Waals surface area contributed by atoms with Crippen molar-refractivity contribution in [3.63, 3.8) is 0 Å². The summed E-state index contributed by atoms with van der Waals surface area (Å²) in [6.45, 7) is 3.60. The van der Waals surface area contributed by atoms with Crippen molar-refractivity contribution in [2.24, 2.45) is 0 Å². The maximum absolute atomic E-state index is 12.9. The predicted molar refractivity (Wildman–Crippen MR) is 130 cm³/mol. The maximum atomic E-state index is 12.9. The molecule has 0 aliphatic rings. The summed E-state index contributed by atoms with van der Waals surface area (Å²) >= 11 is 7.77. The van der Waals surface area contributed by atoms with Gasteiger partial charge in [0, 0.05) is 17.0 Å². The van der Waals surface area contributed by atoms with E-state index in [2.05, 4.69) is 26.6 Å². The van der Waals surface area contributed by atoms with Gasteiger partial charge in [-0.2, -0.15) is 10.2 Å². The average Bonchev–Trinajstić information content (AvgIpc) is 3.54. The summed E-state index contributed by atoms with van der Waals surface area (Å²) in [7, 11) is 0. The van der Waals surface area contributed by atoms with E-state index in [1.807, 2.05) is 60.1 Å². The summed E-state index contributed by atoms with van der Waals surface area (Å²) in [6.07, 6.45) is 3.20. The summed E-state index contributed by atoms with van der Waals surface area (Å²) < 4.78 is 3.68. The normalized spacial score (nSPS) is 11.2. The molecule has 0 atom stereocenters.